The van der Waals surface area contributed by atoms with Crippen LogP contribution in [0.25, 0.3) is 0 Å². The molecular weight excluding hydrogens is 280 g/mol. The van der Waals surface area contributed by atoms with Gasteiger partial charge in [-0.05, 0) is 24.6 Å². The minimum absolute atomic E-state index is 0.129. The van der Waals surface area contributed by atoms with Gasteiger partial charge in [0.2, 0.25) is 0 Å². The van der Waals surface area contributed by atoms with Crippen molar-refractivity contribution in [2.24, 2.45) is 0 Å². The van der Waals surface area contributed by atoms with Crippen molar-refractivity contribution in [3.05, 3.63) is 29.6 Å². The summed E-state index contributed by atoms with van der Waals surface area (Å²) in [6.07, 6.45) is -4.16. The van der Waals surface area contributed by atoms with Gasteiger partial charge >= 0.3 is 12.2 Å². The molecule has 2 rings (SSSR count). The van der Waals surface area contributed by atoms with E-state index in [1.807, 2.05) is 0 Å². The standard InChI is InChI=1S/C12H12F4N2O2/c13-10-2-1-7(5-9(10)12(14,15)16)17-11(19)18-8-3-4-20-6-8/h1-2,5,8H,3-4,6H2,(H2,17,18,19). The van der Waals surface area contributed by atoms with Crippen molar-refractivity contribution in [2.75, 3.05) is 18.5 Å². The normalized spacial score (nSPS) is 18.9. The van der Waals surface area contributed by atoms with Crippen LogP contribution in [-0.4, -0.2) is 25.3 Å². The third-order valence-corrected chi connectivity index (χ3v) is 2.79. The molecule has 2 N–H and O–H groups in total. The molecular formula is C12H12F4N2O2. The van der Waals surface area contributed by atoms with Gasteiger partial charge in [0, 0.05) is 12.3 Å². The van der Waals surface area contributed by atoms with E-state index in [0.29, 0.717) is 31.8 Å². The van der Waals surface area contributed by atoms with Crippen LogP contribution >= 0.6 is 0 Å². The van der Waals surface area contributed by atoms with E-state index >= 15 is 0 Å². The van der Waals surface area contributed by atoms with Crippen molar-refractivity contribution in [2.45, 2.75) is 18.6 Å². The fourth-order valence-electron chi connectivity index (χ4n) is 1.82. The second-order valence-electron chi connectivity index (χ2n) is 4.35. The van der Waals surface area contributed by atoms with Crippen LogP contribution in [-0.2, 0) is 10.9 Å². The number of nitrogens with one attached hydrogen (secondary N) is 2. The van der Waals surface area contributed by atoms with Crippen molar-refractivity contribution in [3.63, 3.8) is 0 Å². The summed E-state index contributed by atoms with van der Waals surface area (Å²) in [6.45, 7) is 0.893. The molecule has 4 nitrogen and oxygen atoms in total. The molecule has 1 atom stereocenters. The first-order valence-corrected chi connectivity index (χ1v) is 5.88. The maximum absolute atomic E-state index is 13.1. The number of hydrogen-bond donors (Lipinski definition) is 2. The molecule has 0 aromatic heterocycles. The third kappa shape index (κ3) is 3.60. The van der Waals surface area contributed by atoms with Gasteiger partial charge in [-0.2, -0.15) is 13.2 Å². The molecule has 20 heavy (non-hydrogen) atoms. The predicted molar refractivity (Wildman–Crippen MR) is 62.8 cm³/mol. The largest absolute Gasteiger partial charge is 0.419 e. The fourth-order valence-corrected chi connectivity index (χ4v) is 1.82. The lowest BCUT2D eigenvalue weighted by Gasteiger charge is -2.13. The number of ether oxygens (including phenoxy) is 1. The zero-order chi connectivity index (χ0) is 14.8. The lowest BCUT2D eigenvalue weighted by molar-refractivity contribution is -0.139. The Bertz CT molecular complexity index is 499. The Morgan fingerprint density at radius 3 is 2.70 bits per heavy atom. The number of urea groups is 1. The summed E-state index contributed by atoms with van der Waals surface area (Å²) in [5.74, 6) is -1.38. The zero-order valence-corrected chi connectivity index (χ0v) is 10.3. The van der Waals surface area contributed by atoms with Crippen LogP contribution in [0.1, 0.15) is 12.0 Å². The van der Waals surface area contributed by atoms with Gasteiger partial charge in [-0.1, -0.05) is 0 Å². The van der Waals surface area contributed by atoms with E-state index in [0.717, 1.165) is 6.07 Å². The second-order valence-corrected chi connectivity index (χ2v) is 4.35. The molecule has 1 aliphatic heterocycles. The molecule has 0 spiro atoms. The van der Waals surface area contributed by atoms with Crippen molar-refractivity contribution in [3.8, 4) is 0 Å². The summed E-state index contributed by atoms with van der Waals surface area (Å²) in [5.41, 5.74) is -1.55. The molecule has 0 aliphatic carbocycles. The number of benzene rings is 1. The highest BCUT2D eigenvalue weighted by molar-refractivity contribution is 5.89. The third-order valence-electron chi connectivity index (χ3n) is 2.79. The molecule has 1 aromatic carbocycles. The Morgan fingerprint density at radius 1 is 1.35 bits per heavy atom. The van der Waals surface area contributed by atoms with Crippen LogP contribution < -0.4 is 10.6 Å². The number of amides is 2. The fraction of sp³-hybridized carbons (Fsp3) is 0.417. The Hall–Kier alpha value is -1.83. The van der Waals surface area contributed by atoms with E-state index in [-0.39, 0.29) is 11.7 Å². The van der Waals surface area contributed by atoms with Gasteiger partial charge in [0.15, 0.2) is 0 Å². The first kappa shape index (κ1) is 14.6. The molecule has 8 heteroatoms. The quantitative estimate of drug-likeness (QED) is 0.823. The van der Waals surface area contributed by atoms with Crippen LogP contribution in [0.15, 0.2) is 18.2 Å². The van der Waals surface area contributed by atoms with E-state index in [1.165, 1.54) is 0 Å². The van der Waals surface area contributed by atoms with Gasteiger partial charge in [0.05, 0.1) is 18.2 Å². The lowest BCUT2D eigenvalue weighted by Crippen LogP contribution is -2.38. The smallest absolute Gasteiger partial charge is 0.379 e. The van der Waals surface area contributed by atoms with Crippen LogP contribution in [0.4, 0.5) is 28.0 Å². The number of carbonyl (C=O) groups excluding carboxylic acids is 1. The minimum Gasteiger partial charge on any atom is -0.379 e. The van der Waals surface area contributed by atoms with Gasteiger partial charge in [0.1, 0.15) is 5.82 Å². The van der Waals surface area contributed by atoms with Gasteiger partial charge in [-0.15, -0.1) is 0 Å². The topological polar surface area (TPSA) is 50.4 Å². The summed E-state index contributed by atoms with van der Waals surface area (Å²) < 4.78 is 55.6. The average molecular weight is 292 g/mol. The molecule has 0 saturated carbocycles. The van der Waals surface area contributed by atoms with Crippen molar-refractivity contribution >= 4 is 11.7 Å². The van der Waals surface area contributed by atoms with Crippen molar-refractivity contribution < 1.29 is 27.1 Å². The van der Waals surface area contributed by atoms with Crippen molar-refractivity contribution in [1.29, 1.82) is 0 Å². The first-order valence-electron chi connectivity index (χ1n) is 5.88. The molecule has 1 fully saturated rings. The maximum atomic E-state index is 13.1. The summed E-state index contributed by atoms with van der Waals surface area (Å²) >= 11 is 0. The van der Waals surface area contributed by atoms with Gasteiger partial charge in [-0.25, -0.2) is 9.18 Å². The zero-order valence-electron chi connectivity index (χ0n) is 10.3. The minimum atomic E-state index is -4.81. The number of hydrogen-bond acceptors (Lipinski definition) is 2. The average Bonchev–Trinajstić information content (AvgIpc) is 2.83. The molecule has 1 saturated heterocycles. The Balaban J connectivity index is 2.04. The number of alkyl halides is 3. The Labute approximate surface area is 112 Å². The summed E-state index contributed by atoms with van der Waals surface area (Å²) in [5, 5.41) is 4.79. The van der Waals surface area contributed by atoms with Gasteiger partial charge in [0.25, 0.3) is 0 Å². The van der Waals surface area contributed by atoms with Crippen LogP contribution in [0.5, 0.6) is 0 Å². The van der Waals surface area contributed by atoms with Gasteiger partial charge in [-0.3, -0.25) is 0 Å². The van der Waals surface area contributed by atoms with E-state index in [2.05, 4.69) is 10.6 Å². The van der Waals surface area contributed by atoms with Crippen LogP contribution in [0, 0.1) is 5.82 Å². The number of halogens is 4. The number of rotatable bonds is 2. The summed E-state index contributed by atoms with van der Waals surface area (Å²) in [4.78, 5) is 11.6. The highest BCUT2D eigenvalue weighted by Crippen LogP contribution is 2.32. The predicted octanol–water partition coefficient (Wildman–Crippen LogP) is 2.75. The molecule has 0 radical (unpaired) electrons. The highest BCUT2D eigenvalue weighted by atomic mass is 19.4. The molecule has 110 valence electrons. The number of carbonyl (C=O) groups is 1. The Kier molecular flexibility index (Phi) is 4.12. The Morgan fingerprint density at radius 2 is 2.10 bits per heavy atom. The van der Waals surface area contributed by atoms with E-state index in [1.54, 1.807) is 0 Å². The summed E-state index contributed by atoms with van der Waals surface area (Å²) in [7, 11) is 0. The monoisotopic (exact) mass is 292 g/mol. The van der Waals surface area contributed by atoms with E-state index in [9.17, 15) is 22.4 Å². The first-order chi connectivity index (χ1) is 9.36. The molecule has 1 unspecified atom stereocenters. The van der Waals surface area contributed by atoms with Crippen molar-refractivity contribution in [1.82, 2.24) is 5.32 Å². The second kappa shape index (κ2) is 5.66. The van der Waals surface area contributed by atoms with Gasteiger partial charge < -0.3 is 15.4 Å². The van der Waals surface area contributed by atoms with E-state index < -0.39 is 23.6 Å². The highest BCUT2D eigenvalue weighted by Gasteiger charge is 2.34. The number of anilines is 1. The molecule has 1 aliphatic rings. The SMILES string of the molecule is O=C(Nc1ccc(F)c(C(F)(F)F)c1)NC1CCOC1. The van der Waals surface area contributed by atoms with Crippen LogP contribution in [0.3, 0.4) is 0 Å². The lowest BCUT2D eigenvalue weighted by atomic mass is 10.2. The summed E-state index contributed by atoms with van der Waals surface area (Å²) in [6, 6.07) is 1.46. The van der Waals surface area contributed by atoms with E-state index in [4.69, 9.17) is 4.74 Å². The van der Waals surface area contributed by atoms with Crippen LogP contribution in [0.2, 0.25) is 0 Å². The maximum Gasteiger partial charge on any atom is 0.419 e. The molecule has 0 bridgehead atoms. The molecule has 2 amide bonds. The molecule has 1 heterocycles. The molecule has 1 aromatic rings.